The molecule has 0 heterocycles. The van der Waals surface area contributed by atoms with Crippen LogP contribution in [-0.4, -0.2) is 17.9 Å². The lowest BCUT2D eigenvalue weighted by Crippen LogP contribution is -2.14. The zero-order chi connectivity index (χ0) is 17.7. The number of nitrogens with zero attached hydrogens (tertiary/aromatic N) is 1. The van der Waals surface area contributed by atoms with Crippen molar-refractivity contribution < 1.29 is 14.5 Å². The number of nitro benzene ring substituents is 1. The molecule has 0 fully saturated rings. The molecule has 1 amide bonds. The van der Waals surface area contributed by atoms with Crippen molar-refractivity contribution in [3.05, 3.63) is 62.7 Å². The third-order valence-corrected chi connectivity index (χ3v) is 3.86. The summed E-state index contributed by atoms with van der Waals surface area (Å²) in [4.78, 5) is 22.7. The van der Waals surface area contributed by atoms with E-state index in [1.165, 1.54) is 13.2 Å². The van der Waals surface area contributed by atoms with E-state index in [2.05, 4.69) is 5.32 Å². The van der Waals surface area contributed by atoms with E-state index < -0.39 is 4.92 Å². The van der Waals surface area contributed by atoms with Gasteiger partial charge in [-0.1, -0.05) is 29.8 Å². The van der Waals surface area contributed by atoms with Gasteiger partial charge in [-0.25, -0.2) is 0 Å². The molecular weight excluding hydrogens is 332 g/mol. The Morgan fingerprint density at radius 3 is 2.71 bits per heavy atom. The number of ether oxygens (including phenoxy) is 1. The fraction of sp³-hybridized carbons (Fsp3) is 0.235. The van der Waals surface area contributed by atoms with Gasteiger partial charge in [-0.2, -0.15) is 0 Å². The molecule has 0 unspecified atom stereocenters. The van der Waals surface area contributed by atoms with E-state index in [0.29, 0.717) is 22.8 Å². The Hall–Kier alpha value is -2.60. The molecule has 0 bridgehead atoms. The first kappa shape index (κ1) is 17.7. The van der Waals surface area contributed by atoms with E-state index in [-0.39, 0.29) is 23.7 Å². The minimum absolute atomic E-state index is 0.115. The Balaban J connectivity index is 2.04. The number of hydrogen-bond donors (Lipinski definition) is 1. The summed E-state index contributed by atoms with van der Waals surface area (Å²) < 4.78 is 5.08. The number of carbonyl (C=O) groups is 1. The summed E-state index contributed by atoms with van der Waals surface area (Å²) in [5.41, 5.74) is 1.65. The van der Waals surface area contributed by atoms with Crippen LogP contribution >= 0.6 is 11.6 Å². The van der Waals surface area contributed by atoms with Crippen LogP contribution in [0.3, 0.4) is 0 Å². The molecule has 7 heteroatoms. The van der Waals surface area contributed by atoms with E-state index in [4.69, 9.17) is 16.3 Å². The highest BCUT2D eigenvalue weighted by Crippen LogP contribution is 2.28. The highest BCUT2D eigenvalue weighted by atomic mass is 35.5. The van der Waals surface area contributed by atoms with Gasteiger partial charge < -0.3 is 10.1 Å². The van der Waals surface area contributed by atoms with Gasteiger partial charge in [-0.3, -0.25) is 14.9 Å². The fourth-order valence-electron chi connectivity index (χ4n) is 2.29. The SMILES string of the molecule is COc1ccc(CCC(=O)Nc2c(C)cccc2[N+](=O)[O-])cc1Cl. The molecule has 126 valence electrons. The summed E-state index contributed by atoms with van der Waals surface area (Å²) in [6.45, 7) is 1.71. The zero-order valence-corrected chi connectivity index (χ0v) is 14.1. The summed E-state index contributed by atoms with van der Waals surface area (Å²) in [7, 11) is 1.53. The second-order valence-electron chi connectivity index (χ2n) is 5.24. The molecular formula is C17H17ClN2O4. The summed E-state index contributed by atoms with van der Waals surface area (Å²) in [6, 6.07) is 9.97. The molecule has 0 radical (unpaired) electrons. The second kappa shape index (κ2) is 7.79. The number of methoxy groups -OCH3 is 1. The van der Waals surface area contributed by atoms with Gasteiger partial charge in [0.2, 0.25) is 5.91 Å². The Labute approximate surface area is 144 Å². The highest BCUT2D eigenvalue weighted by Gasteiger charge is 2.17. The molecule has 0 aliphatic carbocycles. The number of rotatable bonds is 6. The molecule has 0 saturated carbocycles. The van der Waals surface area contributed by atoms with Crippen LogP contribution in [0.25, 0.3) is 0 Å². The number of para-hydroxylation sites is 1. The molecule has 1 N–H and O–H groups in total. The number of halogens is 1. The number of aryl methyl sites for hydroxylation is 2. The predicted octanol–water partition coefficient (Wildman–Crippen LogP) is 4.14. The van der Waals surface area contributed by atoms with E-state index >= 15 is 0 Å². The smallest absolute Gasteiger partial charge is 0.293 e. The van der Waals surface area contributed by atoms with Gasteiger partial charge in [0.05, 0.1) is 17.1 Å². The number of benzene rings is 2. The number of hydrogen-bond acceptors (Lipinski definition) is 4. The van der Waals surface area contributed by atoms with Crippen LogP contribution < -0.4 is 10.1 Å². The van der Waals surface area contributed by atoms with Gasteiger partial charge in [0.25, 0.3) is 5.69 Å². The van der Waals surface area contributed by atoms with Gasteiger partial charge in [-0.15, -0.1) is 0 Å². The number of nitro groups is 1. The standard InChI is InChI=1S/C17H17ClN2O4/c1-11-4-3-5-14(20(22)23)17(11)19-16(21)9-7-12-6-8-15(24-2)13(18)10-12/h3-6,8,10H,7,9H2,1-2H3,(H,19,21). The van der Waals surface area contributed by atoms with Crippen molar-refractivity contribution in [3.63, 3.8) is 0 Å². The first-order valence-electron chi connectivity index (χ1n) is 7.28. The first-order chi connectivity index (χ1) is 11.4. The Kier molecular flexibility index (Phi) is 5.76. The minimum Gasteiger partial charge on any atom is -0.495 e. The largest absolute Gasteiger partial charge is 0.495 e. The maximum absolute atomic E-state index is 12.1. The minimum atomic E-state index is -0.508. The van der Waals surface area contributed by atoms with Crippen LogP contribution in [0.1, 0.15) is 17.5 Å². The molecule has 24 heavy (non-hydrogen) atoms. The van der Waals surface area contributed by atoms with Crippen molar-refractivity contribution in [2.75, 3.05) is 12.4 Å². The number of amides is 1. The van der Waals surface area contributed by atoms with E-state index in [9.17, 15) is 14.9 Å². The molecule has 2 aromatic carbocycles. The van der Waals surface area contributed by atoms with Gasteiger partial charge in [0, 0.05) is 12.5 Å². The molecule has 0 aliphatic rings. The lowest BCUT2D eigenvalue weighted by Gasteiger charge is -2.09. The van der Waals surface area contributed by atoms with Crippen LogP contribution in [-0.2, 0) is 11.2 Å². The van der Waals surface area contributed by atoms with E-state index in [1.54, 1.807) is 31.2 Å². The van der Waals surface area contributed by atoms with Crippen molar-refractivity contribution >= 4 is 28.9 Å². The highest BCUT2D eigenvalue weighted by molar-refractivity contribution is 6.32. The molecule has 6 nitrogen and oxygen atoms in total. The molecule has 2 rings (SSSR count). The average molecular weight is 349 g/mol. The van der Waals surface area contributed by atoms with Crippen LogP contribution in [0.15, 0.2) is 36.4 Å². The van der Waals surface area contributed by atoms with Gasteiger partial charge in [-0.05, 0) is 36.6 Å². The third kappa shape index (κ3) is 4.23. The average Bonchev–Trinajstić information content (AvgIpc) is 2.54. The second-order valence-corrected chi connectivity index (χ2v) is 5.65. The summed E-state index contributed by atoms with van der Waals surface area (Å²) >= 11 is 6.05. The lowest BCUT2D eigenvalue weighted by atomic mass is 10.1. The van der Waals surface area contributed by atoms with Gasteiger partial charge >= 0.3 is 0 Å². The van der Waals surface area contributed by atoms with E-state index in [1.807, 2.05) is 6.07 Å². The monoisotopic (exact) mass is 348 g/mol. The molecule has 0 saturated heterocycles. The van der Waals surface area contributed by atoms with Crippen molar-refractivity contribution in [2.24, 2.45) is 0 Å². The Morgan fingerprint density at radius 2 is 2.08 bits per heavy atom. The van der Waals surface area contributed by atoms with Crippen molar-refractivity contribution in [1.82, 2.24) is 0 Å². The lowest BCUT2D eigenvalue weighted by molar-refractivity contribution is -0.384. The maximum atomic E-state index is 12.1. The molecule has 0 spiro atoms. The zero-order valence-electron chi connectivity index (χ0n) is 13.3. The van der Waals surface area contributed by atoms with Crippen molar-refractivity contribution in [1.29, 1.82) is 0 Å². The van der Waals surface area contributed by atoms with Crippen molar-refractivity contribution in [2.45, 2.75) is 19.8 Å². The third-order valence-electron chi connectivity index (χ3n) is 3.57. The van der Waals surface area contributed by atoms with Crippen LogP contribution in [0.2, 0.25) is 5.02 Å². The Bertz CT molecular complexity index is 777. The topological polar surface area (TPSA) is 81.5 Å². The number of anilines is 1. The molecule has 0 aromatic heterocycles. The summed E-state index contributed by atoms with van der Waals surface area (Å²) in [5, 5.41) is 14.2. The molecule has 2 aromatic rings. The van der Waals surface area contributed by atoms with E-state index in [0.717, 1.165) is 5.56 Å². The fourth-order valence-corrected chi connectivity index (χ4v) is 2.57. The van der Waals surface area contributed by atoms with Gasteiger partial charge in [0.15, 0.2) is 0 Å². The Morgan fingerprint density at radius 1 is 1.33 bits per heavy atom. The predicted molar refractivity (Wildman–Crippen MR) is 92.8 cm³/mol. The first-order valence-corrected chi connectivity index (χ1v) is 7.66. The van der Waals surface area contributed by atoms with Crippen LogP contribution in [0.4, 0.5) is 11.4 Å². The quantitative estimate of drug-likeness (QED) is 0.628. The van der Waals surface area contributed by atoms with Crippen LogP contribution in [0.5, 0.6) is 5.75 Å². The van der Waals surface area contributed by atoms with Crippen LogP contribution in [0, 0.1) is 17.0 Å². The summed E-state index contributed by atoms with van der Waals surface area (Å²) in [5.74, 6) is 0.278. The summed E-state index contributed by atoms with van der Waals surface area (Å²) in [6.07, 6.45) is 0.656. The number of nitrogens with one attached hydrogen (secondary N) is 1. The molecule has 0 atom stereocenters. The number of carbonyl (C=O) groups excluding carboxylic acids is 1. The van der Waals surface area contributed by atoms with Crippen molar-refractivity contribution in [3.8, 4) is 5.75 Å². The normalized spacial score (nSPS) is 10.3. The maximum Gasteiger partial charge on any atom is 0.293 e. The van der Waals surface area contributed by atoms with Gasteiger partial charge in [0.1, 0.15) is 11.4 Å². The molecule has 0 aliphatic heterocycles.